The topological polar surface area (TPSA) is 86.9 Å². The van der Waals surface area contributed by atoms with Crippen LogP contribution >= 0.6 is 11.8 Å². The standard InChI is InChI=1S/C23H20N4O2S/c1-15-11-12-19-20(13-15)27-23(26-19)30-14-21(28)25-18-10-6-5-9-17(18)22(29)24-16-7-3-2-4-8-16/h2-13H,14H2,1H3,(H,24,29)(H,25,28)(H,26,27). The smallest absolute Gasteiger partial charge is 0.257 e. The van der Waals surface area contributed by atoms with E-state index in [0.717, 1.165) is 16.6 Å². The van der Waals surface area contributed by atoms with Crippen molar-refractivity contribution in [2.45, 2.75) is 12.1 Å². The van der Waals surface area contributed by atoms with Crippen molar-refractivity contribution in [3.05, 3.63) is 83.9 Å². The molecular weight excluding hydrogens is 396 g/mol. The summed E-state index contributed by atoms with van der Waals surface area (Å²) in [6.45, 7) is 2.02. The third-order valence-corrected chi connectivity index (χ3v) is 5.31. The number of hydrogen-bond acceptors (Lipinski definition) is 4. The molecule has 7 heteroatoms. The van der Waals surface area contributed by atoms with Gasteiger partial charge in [0.25, 0.3) is 5.91 Å². The highest BCUT2D eigenvalue weighted by molar-refractivity contribution is 7.99. The number of nitrogens with zero attached hydrogens (tertiary/aromatic N) is 1. The number of thioether (sulfide) groups is 1. The van der Waals surface area contributed by atoms with Gasteiger partial charge in [-0.05, 0) is 48.9 Å². The maximum Gasteiger partial charge on any atom is 0.257 e. The van der Waals surface area contributed by atoms with Crippen molar-refractivity contribution in [1.82, 2.24) is 9.97 Å². The van der Waals surface area contributed by atoms with Gasteiger partial charge in [-0.2, -0.15) is 0 Å². The predicted octanol–water partition coefficient (Wildman–Crippen LogP) is 4.85. The minimum absolute atomic E-state index is 0.174. The van der Waals surface area contributed by atoms with Crippen LogP contribution in [0.15, 0.2) is 78.0 Å². The van der Waals surface area contributed by atoms with Crippen LogP contribution < -0.4 is 10.6 Å². The minimum Gasteiger partial charge on any atom is -0.333 e. The van der Waals surface area contributed by atoms with Gasteiger partial charge in [0.2, 0.25) is 5.91 Å². The normalized spacial score (nSPS) is 10.7. The van der Waals surface area contributed by atoms with Gasteiger partial charge >= 0.3 is 0 Å². The number of carbonyl (C=O) groups excluding carboxylic acids is 2. The summed E-state index contributed by atoms with van der Waals surface area (Å²) >= 11 is 1.32. The van der Waals surface area contributed by atoms with E-state index in [2.05, 4.69) is 20.6 Å². The molecule has 0 aliphatic rings. The lowest BCUT2D eigenvalue weighted by Gasteiger charge is -2.11. The van der Waals surface area contributed by atoms with Gasteiger partial charge in [0, 0.05) is 5.69 Å². The van der Waals surface area contributed by atoms with E-state index in [1.165, 1.54) is 11.8 Å². The third kappa shape index (κ3) is 4.69. The van der Waals surface area contributed by atoms with Gasteiger partial charge in [-0.3, -0.25) is 9.59 Å². The Morgan fingerprint density at radius 2 is 1.73 bits per heavy atom. The van der Waals surface area contributed by atoms with Crippen LogP contribution in [0, 0.1) is 6.92 Å². The number of H-pyrrole nitrogens is 1. The molecule has 1 heterocycles. The summed E-state index contributed by atoms with van der Waals surface area (Å²) in [6, 6.07) is 22.1. The van der Waals surface area contributed by atoms with E-state index in [1.807, 2.05) is 55.5 Å². The van der Waals surface area contributed by atoms with Crippen molar-refractivity contribution < 1.29 is 9.59 Å². The Bertz CT molecular complexity index is 1200. The monoisotopic (exact) mass is 416 g/mol. The Morgan fingerprint density at radius 1 is 0.967 bits per heavy atom. The molecule has 1 aromatic heterocycles. The van der Waals surface area contributed by atoms with E-state index in [9.17, 15) is 9.59 Å². The Labute approximate surface area is 178 Å². The summed E-state index contributed by atoms with van der Waals surface area (Å²) in [6.07, 6.45) is 0. The molecule has 0 bridgehead atoms. The van der Waals surface area contributed by atoms with Crippen LogP contribution in [-0.4, -0.2) is 27.5 Å². The van der Waals surface area contributed by atoms with E-state index < -0.39 is 0 Å². The van der Waals surface area contributed by atoms with Crippen LogP contribution in [0.2, 0.25) is 0 Å². The molecule has 0 unspecified atom stereocenters. The highest BCUT2D eigenvalue weighted by atomic mass is 32.2. The molecule has 4 rings (SSSR count). The Balaban J connectivity index is 1.41. The number of aromatic nitrogens is 2. The quantitative estimate of drug-likeness (QED) is 0.392. The number of imidazole rings is 1. The van der Waals surface area contributed by atoms with Crippen LogP contribution in [0.4, 0.5) is 11.4 Å². The van der Waals surface area contributed by atoms with Crippen molar-refractivity contribution >= 4 is 46.0 Å². The number of anilines is 2. The maximum absolute atomic E-state index is 12.6. The van der Waals surface area contributed by atoms with Gasteiger partial charge in [0.15, 0.2) is 5.16 Å². The number of nitrogens with one attached hydrogen (secondary N) is 3. The fourth-order valence-corrected chi connectivity index (χ4v) is 3.68. The van der Waals surface area contributed by atoms with Crippen LogP contribution in [0.25, 0.3) is 11.0 Å². The lowest BCUT2D eigenvalue weighted by molar-refractivity contribution is -0.113. The number of amides is 2. The second kappa shape index (κ2) is 8.84. The first-order chi connectivity index (χ1) is 14.6. The van der Waals surface area contributed by atoms with E-state index in [-0.39, 0.29) is 17.6 Å². The number of hydrogen-bond donors (Lipinski definition) is 3. The van der Waals surface area contributed by atoms with Gasteiger partial charge in [-0.25, -0.2) is 4.98 Å². The molecule has 0 saturated carbocycles. The molecule has 4 aromatic rings. The number of benzene rings is 3. The summed E-state index contributed by atoms with van der Waals surface area (Å²) in [5, 5.41) is 6.35. The van der Waals surface area contributed by atoms with Crippen molar-refractivity contribution in [2.24, 2.45) is 0 Å². The van der Waals surface area contributed by atoms with E-state index in [4.69, 9.17) is 0 Å². The molecule has 150 valence electrons. The van der Waals surface area contributed by atoms with Crippen LogP contribution in [-0.2, 0) is 4.79 Å². The molecule has 6 nitrogen and oxygen atoms in total. The van der Waals surface area contributed by atoms with Crippen LogP contribution in [0.3, 0.4) is 0 Å². The van der Waals surface area contributed by atoms with Crippen LogP contribution in [0.5, 0.6) is 0 Å². The first kappa shape index (κ1) is 19.7. The first-order valence-electron chi connectivity index (χ1n) is 9.43. The molecule has 30 heavy (non-hydrogen) atoms. The number of aryl methyl sites for hydroxylation is 1. The summed E-state index contributed by atoms with van der Waals surface area (Å²) in [5.41, 5.74) is 4.52. The number of para-hydroxylation sites is 2. The molecule has 0 radical (unpaired) electrons. The second-order valence-electron chi connectivity index (χ2n) is 6.77. The lowest BCUT2D eigenvalue weighted by Crippen LogP contribution is -2.19. The summed E-state index contributed by atoms with van der Waals surface area (Å²) in [7, 11) is 0. The second-order valence-corrected chi connectivity index (χ2v) is 7.73. The number of fused-ring (bicyclic) bond motifs is 1. The van der Waals surface area contributed by atoms with E-state index >= 15 is 0 Å². The highest BCUT2D eigenvalue weighted by Gasteiger charge is 2.14. The predicted molar refractivity (Wildman–Crippen MR) is 121 cm³/mol. The largest absolute Gasteiger partial charge is 0.333 e. The van der Waals surface area contributed by atoms with Gasteiger partial charge in [0.1, 0.15) is 0 Å². The fourth-order valence-electron chi connectivity index (χ4n) is 3.00. The van der Waals surface area contributed by atoms with Crippen molar-refractivity contribution in [1.29, 1.82) is 0 Å². The molecule has 3 N–H and O–H groups in total. The Hall–Kier alpha value is -3.58. The first-order valence-corrected chi connectivity index (χ1v) is 10.4. The van der Waals surface area contributed by atoms with Gasteiger partial charge in [0.05, 0.1) is 28.0 Å². The van der Waals surface area contributed by atoms with E-state index in [0.29, 0.717) is 22.1 Å². The Kier molecular flexibility index (Phi) is 5.81. The van der Waals surface area contributed by atoms with Crippen molar-refractivity contribution in [2.75, 3.05) is 16.4 Å². The lowest BCUT2D eigenvalue weighted by atomic mass is 10.1. The molecule has 0 aliphatic heterocycles. The number of rotatable bonds is 6. The fraction of sp³-hybridized carbons (Fsp3) is 0.0870. The average Bonchev–Trinajstić information content (AvgIpc) is 3.15. The molecule has 0 saturated heterocycles. The zero-order valence-corrected chi connectivity index (χ0v) is 17.1. The SMILES string of the molecule is Cc1ccc2nc(SCC(=O)Nc3ccccc3C(=O)Nc3ccccc3)[nH]c2c1. The molecule has 0 aliphatic carbocycles. The maximum atomic E-state index is 12.6. The zero-order valence-electron chi connectivity index (χ0n) is 16.3. The summed E-state index contributed by atoms with van der Waals surface area (Å²) < 4.78 is 0. The molecular formula is C23H20N4O2S. The molecule has 2 amide bonds. The number of carbonyl (C=O) groups is 2. The van der Waals surface area contributed by atoms with E-state index in [1.54, 1.807) is 24.3 Å². The van der Waals surface area contributed by atoms with Crippen molar-refractivity contribution in [3.8, 4) is 0 Å². The average molecular weight is 417 g/mol. The zero-order chi connectivity index (χ0) is 20.9. The molecule has 0 atom stereocenters. The molecule has 0 fully saturated rings. The number of aromatic amines is 1. The minimum atomic E-state index is -0.280. The van der Waals surface area contributed by atoms with Gasteiger partial charge < -0.3 is 15.6 Å². The summed E-state index contributed by atoms with van der Waals surface area (Å²) in [5.74, 6) is -0.318. The highest BCUT2D eigenvalue weighted by Crippen LogP contribution is 2.22. The van der Waals surface area contributed by atoms with Gasteiger partial charge in [-0.15, -0.1) is 0 Å². The van der Waals surface area contributed by atoms with Crippen LogP contribution in [0.1, 0.15) is 15.9 Å². The molecule has 0 spiro atoms. The van der Waals surface area contributed by atoms with Crippen molar-refractivity contribution in [3.63, 3.8) is 0 Å². The molecule has 3 aromatic carbocycles. The third-order valence-electron chi connectivity index (χ3n) is 4.43. The van der Waals surface area contributed by atoms with Gasteiger partial charge in [-0.1, -0.05) is 48.2 Å². The summed E-state index contributed by atoms with van der Waals surface area (Å²) in [4.78, 5) is 32.8. The Morgan fingerprint density at radius 3 is 2.57 bits per heavy atom.